The number of nitrogens with two attached hydrogens (primary N) is 1. The summed E-state index contributed by atoms with van der Waals surface area (Å²) < 4.78 is 19.7. The molecule has 1 atom stereocenters. The molecule has 0 spiro atoms. The Morgan fingerprint density at radius 3 is 2.65 bits per heavy atom. The van der Waals surface area contributed by atoms with E-state index >= 15 is 0 Å². The first-order chi connectivity index (χ1) is 7.85. The Bertz CT molecular complexity index is 382. The van der Waals surface area contributed by atoms with E-state index in [0.29, 0.717) is 12.0 Å². The summed E-state index contributed by atoms with van der Waals surface area (Å²) in [5, 5.41) is 0. The van der Waals surface area contributed by atoms with Crippen LogP contribution in [0.25, 0.3) is 0 Å². The predicted molar refractivity (Wildman–Crippen MR) is 71.4 cm³/mol. The van der Waals surface area contributed by atoms with Crippen LogP contribution in [0.1, 0.15) is 38.3 Å². The molecular formula is C13H19BrFNO. The van der Waals surface area contributed by atoms with Crippen molar-refractivity contribution < 1.29 is 9.13 Å². The predicted octanol–water partition coefficient (Wildman–Crippen LogP) is 3.79. The van der Waals surface area contributed by atoms with Gasteiger partial charge in [0.05, 0.1) is 5.60 Å². The highest BCUT2D eigenvalue weighted by molar-refractivity contribution is 9.10. The lowest BCUT2D eigenvalue weighted by atomic mass is 9.95. The highest BCUT2D eigenvalue weighted by Crippen LogP contribution is 2.26. The number of hydrogen-bond acceptors (Lipinski definition) is 2. The van der Waals surface area contributed by atoms with Crippen molar-refractivity contribution in [1.29, 1.82) is 0 Å². The van der Waals surface area contributed by atoms with Crippen LogP contribution in [0.3, 0.4) is 0 Å². The standard InChI is InChI=1S/C13H19BrFNO/c1-13(2,17-3)7-6-12(16)10-5-4-9(14)8-11(10)15/h4-5,8,12H,6-7,16H2,1-3H3. The van der Waals surface area contributed by atoms with Crippen molar-refractivity contribution in [3.05, 3.63) is 34.1 Å². The highest BCUT2D eigenvalue weighted by atomic mass is 79.9. The number of halogens is 2. The molecule has 0 aliphatic rings. The van der Waals surface area contributed by atoms with Gasteiger partial charge in [-0.3, -0.25) is 0 Å². The Labute approximate surface area is 110 Å². The van der Waals surface area contributed by atoms with E-state index in [2.05, 4.69) is 15.9 Å². The van der Waals surface area contributed by atoms with Gasteiger partial charge in [-0.25, -0.2) is 4.39 Å². The van der Waals surface area contributed by atoms with Crippen LogP contribution in [-0.4, -0.2) is 12.7 Å². The molecule has 0 aliphatic heterocycles. The molecule has 0 aliphatic carbocycles. The van der Waals surface area contributed by atoms with Gasteiger partial charge >= 0.3 is 0 Å². The number of methoxy groups -OCH3 is 1. The van der Waals surface area contributed by atoms with E-state index in [1.165, 1.54) is 6.07 Å². The Hall–Kier alpha value is -0.450. The third kappa shape index (κ3) is 4.37. The maximum atomic E-state index is 13.7. The molecule has 0 saturated heterocycles. The summed E-state index contributed by atoms with van der Waals surface area (Å²) in [4.78, 5) is 0. The largest absolute Gasteiger partial charge is 0.379 e. The lowest BCUT2D eigenvalue weighted by Gasteiger charge is -2.24. The molecular weight excluding hydrogens is 285 g/mol. The van der Waals surface area contributed by atoms with Gasteiger partial charge in [-0.15, -0.1) is 0 Å². The SMILES string of the molecule is COC(C)(C)CCC(N)c1ccc(Br)cc1F. The van der Waals surface area contributed by atoms with E-state index in [1.54, 1.807) is 19.2 Å². The van der Waals surface area contributed by atoms with Crippen LogP contribution >= 0.6 is 15.9 Å². The molecule has 0 bridgehead atoms. The van der Waals surface area contributed by atoms with E-state index in [0.717, 1.165) is 10.9 Å². The molecule has 1 aromatic rings. The van der Waals surface area contributed by atoms with Gasteiger partial charge in [0.1, 0.15) is 5.82 Å². The van der Waals surface area contributed by atoms with Gasteiger partial charge in [-0.2, -0.15) is 0 Å². The summed E-state index contributed by atoms with van der Waals surface area (Å²) in [6.45, 7) is 4.00. The van der Waals surface area contributed by atoms with Crippen LogP contribution in [0.5, 0.6) is 0 Å². The molecule has 1 rings (SSSR count). The van der Waals surface area contributed by atoms with Crippen molar-refractivity contribution in [1.82, 2.24) is 0 Å². The van der Waals surface area contributed by atoms with Gasteiger partial charge in [0, 0.05) is 23.2 Å². The molecule has 0 radical (unpaired) electrons. The topological polar surface area (TPSA) is 35.2 Å². The molecule has 1 unspecified atom stereocenters. The van der Waals surface area contributed by atoms with Crippen LogP contribution in [0, 0.1) is 5.82 Å². The van der Waals surface area contributed by atoms with Crippen LogP contribution in [0.2, 0.25) is 0 Å². The summed E-state index contributed by atoms with van der Waals surface area (Å²) in [7, 11) is 1.67. The number of ether oxygens (including phenoxy) is 1. The fourth-order valence-corrected chi connectivity index (χ4v) is 1.90. The number of hydrogen-bond donors (Lipinski definition) is 1. The second-order valence-corrected chi connectivity index (χ2v) is 5.69. The van der Waals surface area contributed by atoms with Crippen LogP contribution in [0.4, 0.5) is 4.39 Å². The third-order valence-corrected chi connectivity index (χ3v) is 3.47. The quantitative estimate of drug-likeness (QED) is 0.898. The summed E-state index contributed by atoms with van der Waals surface area (Å²) in [5.74, 6) is -0.262. The molecule has 0 fully saturated rings. The molecule has 2 nitrogen and oxygen atoms in total. The Morgan fingerprint density at radius 1 is 1.47 bits per heavy atom. The molecule has 2 N–H and O–H groups in total. The Morgan fingerprint density at radius 2 is 2.12 bits per heavy atom. The fraction of sp³-hybridized carbons (Fsp3) is 0.538. The second-order valence-electron chi connectivity index (χ2n) is 4.77. The van der Waals surface area contributed by atoms with Gasteiger partial charge < -0.3 is 10.5 Å². The maximum Gasteiger partial charge on any atom is 0.129 e. The van der Waals surface area contributed by atoms with Gasteiger partial charge in [0.25, 0.3) is 0 Å². The van der Waals surface area contributed by atoms with E-state index < -0.39 is 0 Å². The zero-order valence-corrected chi connectivity index (χ0v) is 12.1. The number of benzene rings is 1. The van der Waals surface area contributed by atoms with Crippen molar-refractivity contribution in [2.24, 2.45) is 5.73 Å². The average molecular weight is 304 g/mol. The van der Waals surface area contributed by atoms with Gasteiger partial charge in [-0.1, -0.05) is 22.0 Å². The van der Waals surface area contributed by atoms with Gasteiger partial charge in [-0.05, 0) is 38.8 Å². The van der Waals surface area contributed by atoms with Gasteiger partial charge in [0.2, 0.25) is 0 Å². The average Bonchev–Trinajstić information content (AvgIpc) is 2.26. The van der Waals surface area contributed by atoms with Gasteiger partial charge in [0.15, 0.2) is 0 Å². The molecule has 0 amide bonds. The zero-order valence-electron chi connectivity index (χ0n) is 10.5. The van der Waals surface area contributed by atoms with Crippen molar-refractivity contribution in [2.75, 3.05) is 7.11 Å². The van der Waals surface area contributed by atoms with Crippen LogP contribution in [-0.2, 0) is 4.74 Å². The molecule has 0 heterocycles. The van der Waals surface area contributed by atoms with E-state index in [4.69, 9.17) is 10.5 Å². The second kappa shape index (κ2) is 5.94. The van der Waals surface area contributed by atoms with Crippen LogP contribution < -0.4 is 5.73 Å². The normalized spacial score (nSPS) is 13.8. The van der Waals surface area contributed by atoms with Crippen molar-refractivity contribution in [3.8, 4) is 0 Å². The summed E-state index contributed by atoms with van der Waals surface area (Å²) >= 11 is 3.23. The first-order valence-corrected chi connectivity index (χ1v) is 6.41. The minimum absolute atomic E-state index is 0.219. The van der Waals surface area contributed by atoms with E-state index in [-0.39, 0.29) is 17.5 Å². The smallest absolute Gasteiger partial charge is 0.129 e. The highest BCUT2D eigenvalue weighted by Gasteiger charge is 2.19. The maximum absolute atomic E-state index is 13.7. The molecule has 4 heteroatoms. The molecule has 1 aromatic carbocycles. The summed E-state index contributed by atoms with van der Waals surface area (Å²) in [6.07, 6.45) is 1.49. The van der Waals surface area contributed by atoms with Crippen LogP contribution in [0.15, 0.2) is 22.7 Å². The van der Waals surface area contributed by atoms with E-state index in [9.17, 15) is 4.39 Å². The first kappa shape index (κ1) is 14.6. The van der Waals surface area contributed by atoms with Crippen molar-refractivity contribution in [3.63, 3.8) is 0 Å². The minimum Gasteiger partial charge on any atom is -0.379 e. The summed E-state index contributed by atoms with van der Waals surface area (Å²) in [6, 6.07) is 4.68. The fourth-order valence-electron chi connectivity index (χ4n) is 1.56. The van der Waals surface area contributed by atoms with E-state index in [1.807, 2.05) is 13.8 Å². The molecule has 0 saturated carbocycles. The zero-order chi connectivity index (χ0) is 13.1. The number of rotatable bonds is 5. The molecule has 96 valence electrons. The molecule has 0 aromatic heterocycles. The van der Waals surface area contributed by atoms with Crippen molar-refractivity contribution in [2.45, 2.75) is 38.3 Å². The lowest BCUT2D eigenvalue weighted by molar-refractivity contribution is 0.0124. The first-order valence-electron chi connectivity index (χ1n) is 5.61. The Balaban J connectivity index is 2.67. The summed E-state index contributed by atoms with van der Waals surface area (Å²) in [5.41, 5.74) is 6.33. The monoisotopic (exact) mass is 303 g/mol. The molecule has 17 heavy (non-hydrogen) atoms. The lowest BCUT2D eigenvalue weighted by Crippen LogP contribution is -2.25. The Kier molecular flexibility index (Phi) is 5.10. The minimum atomic E-state index is -0.294. The van der Waals surface area contributed by atoms with Crippen molar-refractivity contribution >= 4 is 15.9 Å². The third-order valence-electron chi connectivity index (χ3n) is 2.97.